The fourth-order valence-electron chi connectivity index (χ4n) is 4.94. The Morgan fingerprint density at radius 1 is 0.826 bits per heavy atom. The second-order valence-electron chi connectivity index (χ2n) is 10.5. The smallest absolute Gasteiger partial charge is 0.335 e. The normalized spacial score (nSPS) is 19.5. The maximum Gasteiger partial charge on any atom is 0.335 e. The number of thioether (sulfide) groups is 1. The molecule has 0 radical (unpaired) electrons. The number of aliphatic hydroxyl groups is 1. The van der Waals surface area contributed by atoms with Crippen molar-refractivity contribution >= 4 is 29.3 Å². The summed E-state index contributed by atoms with van der Waals surface area (Å²) >= 11 is 1.44. The lowest BCUT2D eigenvalue weighted by Crippen LogP contribution is -2.38. The number of ether oxygens (including phenoxy) is 2. The number of carbonyl (C=O) groups excluding carboxylic acids is 1. The van der Waals surface area contributed by atoms with Gasteiger partial charge in [0.15, 0.2) is 29.6 Å². The molecule has 0 bridgehead atoms. The minimum atomic E-state index is -2.38. The van der Waals surface area contributed by atoms with Gasteiger partial charge in [-0.2, -0.15) is 0 Å². The minimum absolute atomic E-state index is 0.0226. The molecule has 4 aromatic carbocycles. The third-order valence-electron chi connectivity index (χ3n) is 7.49. The van der Waals surface area contributed by atoms with E-state index in [0.717, 1.165) is 10.5 Å². The Morgan fingerprint density at radius 3 is 2.07 bits per heavy atom. The molecule has 4 atom stereocenters. The molecule has 5 rings (SSSR count). The van der Waals surface area contributed by atoms with Crippen molar-refractivity contribution in [2.24, 2.45) is 5.92 Å². The van der Waals surface area contributed by atoms with E-state index in [2.05, 4.69) is 5.32 Å². The number of hydrogen-bond acceptors (Lipinski definition) is 6. The van der Waals surface area contributed by atoms with Gasteiger partial charge in [0.05, 0.1) is 24.4 Å². The van der Waals surface area contributed by atoms with Crippen LogP contribution in [0.5, 0.6) is 0 Å². The van der Waals surface area contributed by atoms with Crippen LogP contribution in [0.2, 0.25) is 0 Å². The van der Waals surface area contributed by atoms with Gasteiger partial charge in [-0.15, -0.1) is 11.8 Å². The van der Waals surface area contributed by atoms with Crippen LogP contribution in [0.15, 0.2) is 77.7 Å². The molecule has 1 amide bonds. The minimum Gasteiger partial charge on any atom is -0.478 e. The highest BCUT2D eigenvalue weighted by molar-refractivity contribution is 7.99. The van der Waals surface area contributed by atoms with Crippen molar-refractivity contribution in [2.75, 3.05) is 11.1 Å². The molecule has 0 spiro atoms. The molecule has 13 heteroatoms. The van der Waals surface area contributed by atoms with Crippen LogP contribution in [0.1, 0.15) is 56.7 Å². The van der Waals surface area contributed by atoms with Crippen LogP contribution in [0.4, 0.5) is 27.6 Å². The maximum absolute atomic E-state index is 14.2. The largest absolute Gasteiger partial charge is 0.478 e. The molecular formula is C33H26F5NO6S. The number of carboxylic acid groups (broad SMARTS) is 1. The summed E-state index contributed by atoms with van der Waals surface area (Å²) in [4.78, 5) is 24.7. The Labute approximate surface area is 264 Å². The van der Waals surface area contributed by atoms with Gasteiger partial charge < -0.3 is 25.0 Å². The van der Waals surface area contributed by atoms with Gasteiger partial charge >= 0.3 is 5.97 Å². The number of aliphatic hydroxyl groups excluding tert-OH is 1. The number of anilines is 1. The molecule has 0 aliphatic carbocycles. The molecule has 46 heavy (non-hydrogen) atoms. The molecule has 0 aromatic heterocycles. The molecular weight excluding hydrogens is 633 g/mol. The first-order valence-corrected chi connectivity index (χ1v) is 14.9. The first-order valence-electron chi connectivity index (χ1n) is 13.9. The molecule has 240 valence electrons. The first-order chi connectivity index (χ1) is 22.0. The van der Waals surface area contributed by atoms with E-state index < -0.39 is 65.0 Å². The van der Waals surface area contributed by atoms with Crippen LogP contribution in [-0.4, -0.2) is 33.9 Å². The summed E-state index contributed by atoms with van der Waals surface area (Å²) in [5.74, 6) is -13.7. The van der Waals surface area contributed by atoms with Gasteiger partial charge in [-0.05, 0) is 47.5 Å². The second-order valence-corrected chi connectivity index (χ2v) is 11.6. The Hall–Kier alpha value is -4.30. The Balaban J connectivity index is 1.40. The van der Waals surface area contributed by atoms with Gasteiger partial charge in [0, 0.05) is 27.8 Å². The number of aromatic carboxylic acids is 1. The van der Waals surface area contributed by atoms with E-state index in [1.807, 2.05) is 19.1 Å². The Morgan fingerprint density at radius 2 is 1.46 bits per heavy atom. The Bertz CT molecular complexity index is 1730. The van der Waals surface area contributed by atoms with E-state index in [1.54, 1.807) is 30.3 Å². The molecule has 1 saturated heterocycles. The highest BCUT2D eigenvalue weighted by atomic mass is 32.2. The molecule has 3 N–H and O–H groups in total. The van der Waals surface area contributed by atoms with Crippen LogP contribution < -0.4 is 5.32 Å². The molecule has 4 aromatic rings. The predicted molar refractivity (Wildman–Crippen MR) is 158 cm³/mol. The summed E-state index contributed by atoms with van der Waals surface area (Å²) in [6.45, 7) is 1.80. The molecule has 0 saturated carbocycles. The number of rotatable bonds is 9. The lowest BCUT2D eigenvalue weighted by molar-refractivity contribution is -0.268. The third-order valence-corrected chi connectivity index (χ3v) is 8.59. The van der Waals surface area contributed by atoms with Crippen molar-refractivity contribution in [3.63, 3.8) is 0 Å². The SMILES string of the molecule is C[C@H]1[C@@H](CSc2ccc(C(=O)O)cc2)O[C@@H](c2cccc(NC(=O)c3c(F)c(F)c(F)c(F)c3F)c2)O[C@H]1c1ccc(CO)cc1. The quantitative estimate of drug-likeness (QED) is 0.0744. The molecule has 7 nitrogen and oxygen atoms in total. The Kier molecular flexibility index (Phi) is 10.1. The highest BCUT2D eigenvalue weighted by Crippen LogP contribution is 2.43. The lowest BCUT2D eigenvalue weighted by Gasteiger charge is -2.41. The standard InChI is InChI=1S/C33H26F5NO6S/c1-16-23(15-46-22-11-9-19(10-12-22)32(42)43)44-33(45-30(16)18-7-5-17(14-40)6-8-18)20-3-2-4-21(13-20)39-31(41)24-25(34)27(36)29(38)28(37)26(24)35/h2-13,16,23,30,33,40H,14-15H2,1H3,(H,39,41)(H,42,43)/t16-,23+,30+,33+/m0/s1. The number of carbonyl (C=O) groups is 2. The van der Waals surface area contributed by atoms with Crippen molar-refractivity contribution in [3.8, 4) is 0 Å². The summed E-state index contributed by atoms with van der Waals surface area (Å²) in [6, 6.07) is 19.4. The number of amides is 1. The van der Waals surface area contributed by atoms with Crippen molar-refractivity contribution in [1.29, 1.82) is 0 Å². The van der Waals surface area contributed by atoms with E-state index in [1.165, 1.54) is 42.1 Å². The van der Waals surface area contributed by atoms with Gasteiger partial charge in [0.1, 0.15) is 5.56 Å². The predicted octanol–water partition coefficient (Wildman–Crippen LogP) is 7.41. The second kappa shape index (κ2) is 14.0. The first kappa shape index (κ1) is 33.1. The van der Waals surface area contributed by atoms with E-state index in [0.29, 0.717) is 16.9 Å². The zero-order valence-corrected chi connectivity index (χ0v) is 24.8. The van der Waals surface area contributed by atoms with Gasteiger partial charge in [0.2, 0.25) is 5.82 Å². The van der Waals surface area contributed by atoms with Gasteiger partial charge in [-0.1, -0.05) is 43.3 Å². The van der Waals surface area contributed by atoms with Crippen molar-refractivity contribution < 1.29 is 51.2 Å². The molecule has 1 heterocycles. The van der Waals surface area contributed by atoms with E-state index in [4.69, 9.17) is 9.47 Å². The summed E-state index contributed by atoms with van der Waals surface area (Å²) < 4.78 is 82.1. The fraction of sp³-hybridized carbons (Fsp3) is 0.212. The van der Waals surface area contributed by atoms with Crippen molar-refractivity contribution in [3.05, 3.63) is 130 Å². The number of hydrogen-bond donors (Lipinski definition) is 3. The van der Waals surface area contributed by atoms with Crippen molar-refractivity contribution in [2.45, 2.75) is 36.9 Å². The molecule has 1 aliphatic heterocycles. The molecule has 0 unspecified atom stereocenters. The van der Waals surface area contributed by atoms with Crippen molar-refractivity contribution in [1.82, 2.24) is 0 Å². The van der Waals surface area contributed by atoms with Gasteiger partial charge in [0.25, 0.3) is 5.91 Å². The molecule has 1 aliphatic rings. The number of benzene rings is 4. The summed E-state index contributed by atoms with van der Waals surface area (Å²) in [6.07, 6.45) is -1.93. The number of carboxylic acids is 1. The summed E-state index contributed by atoms with van der Waals surface area (Å²) in [5.41, 5.74) is 0.397. The van der Waals surface area contributed by atoms with Crippen LogP contribution in [0, 0.1) is 35.0 Å². The highest BCUT2D eigenvalue weighted by Gasteiger charge is 2.38. The monoisotopic (exact) mass is 659 g/mol. The average Bonchev–Trinajstić information content (AvgIpc) is 3.06. The number of nitrogens with one attached hydrogen (secondary N) is 1. The van der Waals surface area contributed by atoms with Crippen LogP contribution in [-0.2, 0) is 16.1 Å². The van der Waals surface area contributed by atoms with Gasteiger partial charge in [-0.3, -0.25) is 4.79 Å². The number of halogens is 5. The summed E-state index contributed by atoms with van der Waals surface area (Å²) in [7, 11) is 0. The third kappa shape index (κ3) is 6.92. The average molecular weight is 660 g/mol. The van der Waals surface area contributed by atoms with Crippen LogP contribution in [0.25, 0.3) is 0 Å². The van der Waals surface area contributed by atoms with E-state index >= 15 is 0 Å². The van der Waals surface area contributed by atoms with E-state index in [9.17, 15) is 41.8 Å². The van der Waals surface area contributed by atoms with Crippen LogP contribution >= 0.6 is 11.8 Å². The zero-order valence-electron chi connectivity index (χ0n) is 24.0. The lowest BCUT2D eigenvalue weighted by atomic mass is 9.91. The topological polar surface area (TPSA) is 105 Å². The molecule has 1 fully saturated rings. The fourth-order valence-corrected chi connectivity index (χ4v) is 6.01. The van der Waals surface area contributed by atoms with E-state index in [-0.39, 0.29) is 23.8 Å². The summed E-state index contributed by atoms with van der Waals surface area (Å²) in [5, 5.41) is 20.8. The van der Waals surface area contributed by atoms with Gasteiger partial charge in [-0.25, -0.2) is 26.7 Å². The zero-order chi connectivity index (χ0) is 33.1. The van der Waals surface area contributed by atoms with Crippen LogP contribution in [0.3, 0.4) is 0 Å². The maximum atomic E-state index is 14.2.